The van der Waals surface area contributed by atoms with E-state index >= 15 is 0 Å². The average molecular weight is 228 g/mol. The maximum Gasteiger partial charge on any atom is 0.103 e. The Morgan fingerprint density at radius 2 is 1.50 bits per heavy atom. The molecule has 0 bridgehead atoms. The fraction of sp³-hybridized carbons (Fsp3) is 1.00. The topological polar surface area (TPSA) is 6.48 Å². The van der Waals surface area contributed by atoms with Gasteiger partial charge >= 0.3 is 0 Å². The largest absolute Gasteiger partial charge is 0.301 e. The summed E-state index contributed by atoms with van der Waals surface area (Å²) in [4.78, 5) is 5.08. The van der Waals surface area contributed by atoms with Crippen molar-refractivity contribution in [1.82, 2.24) is 9.80 Å². The molecular weight excluding hydrogens is 203 g/mol. The van der Waals surface area contributed by atoms with Crippen molar-refractivity contribution in [2.45, 2.75) is 57.8 Å². The Balaban J connectivity index is 1.76. The molecule has 0 aliphatic carbocycles. The van der Waals surface area contributed by atoms with E-state index in [1.54, 1.807) is 0 Å². The van der Waals surface area contributed by atoms with Crippen LogP contribution in [0.15, 0.2) is 0 Å². The lowest BCUT2D eigenvalue weighted by Gasteiger charge is -2.41. The zero-order chi connectivity index (χ0) is 11.5. The van der Waals surface area contributed by atoms with Crippen molar-refractivity contribution < 1.29 is 4.39 Å². The molecule has 0 aromatic carbocycles. The minimum Gasteiger partial charge on any atom is -0.301 e. The number of likely N-dealkylation sites (tertiary alicyclic amines) is 2. The summed E-state index contributed by atoms with van der Waals surface area (Å²) in [5.74, 6) is 0. The van der Waals surface area contributed by atoms with Gasteiger partial charge in [0.15, 0.2) is 0 Å². The first-order valence-corrected chi connectivity index (χ1v) is 6.79. The zero-order valence-electron chi connectivity index (χ0n) is 10.7. The molecule has 2 aliphatic rings. The molecule has 2 heterocycles. The summed E-state index contributed by atoms with van der Waals surface area (Å²) in [6, 6.07) is 1.40. The second kappa shape index (κ2) is 5.46. The Hall–Kier alpha value is -0.150. The summed E-state index contributed by atoms with van der Waals surface area (Å²) in [5.41, 5.74) is 0. The third-order valence-corrected chi connectivity index (χ3v) is 4.20. The molecule has 2 rings (SSSR count). The highest BCUT2D eigenvalue weighted by Crippen LogP contribution is 2.22. The van der Waals surface area contributed by atoms with E-state index in [0.717, 1.165) is 32.0 Å². The summed E-state index contributed by atoms with van der Waals surface area (Å²) in [7, 11) is 0. The number of halogens is 1. The normalized spacial score (nSPS) is 27.8. The molecule has 0 unspecified atom stereocenters. The smallest absolute Gasteiger partial charge is 0.103 e. The van der Waals surface area contributed by atoms with Crippen LogP contribution < -0.4 is 0 Å². The molecule has 0 spiro atoms. The van der Waals surface area contributed by atoms with Gasteiger partial charge in [-0.2, -0.15) is 0 Å². The molecule has 0 N–H and O–H groups in total. The Labute approximate surface area is 98.8 Å². The summed E-state index contributed by atoms with van der Waals surface area (Å²) < 4.78 is 13.1. The minimum absolute atomic E-state index is 0.535. The molecule has 0 saturated carbocycles. The van der Waals surface area contributed by atoms with Crippen molar-refractivity contribution in [1.29, 1.82) is 0 Å². The number of hydrogen-bond acceptors (Lipinski definition) is 2. The molecule has 3 heteroatoms. The van der Waals surface area contributed by atoms with Crippen molar-refractivity contribution in [2.24, 2.45) is 0 Å². The molecule has 0 aromatic rings. The molecule has 0 atom stereocenters. The third-order valence-electron chi connectivity index (χ3n) is 4.20. The summed E-state index contributed by atoms with van der Waals surface area (Å²) >= 11 is 0. The van der Waals surface area contributed by atoms with Gasteiger partial charge in [-0.1, -0.05) is 0 Å². The van der Waals surface area contributed by atoms with Crippen LogP contribution in [-0.4, -0.2) is 54.2 Å². The minimum atomic E-state index is -0.535. The van der Waals surface area contributed by atoms with Crippen LogP contribution in [0.4, 0.5) is 4.39 Å². The fourth-order valence-electron chi connectivity index (χ4n) is 3.00. The van der Waals surface area contributed by atoms with Gasteiger partial charge < -0.3 is 9.80 Å². The maximum atomic E-state index is 13.1. The monoisotopic (exact) mass is 228 g/mol. The van der Waals surface area contributed by atoms with E-state index in [0.29, 0.717) is 6.04 Å². The number of piperidine rings is 2. The first kappa shape index (κ1) is 12.3. The molecule has 0 amide bonds. The standard InChI is InChI=1S/C13H25FN2/c1-11(2)15-9-5-13(6-10-15)16-7-3-12(14)4-8-16/h11-13H,3-10H2,1-2H3. The molecular formula is C13H25FN2. The van der Waals surface area contributed by atoms with E-state index < -0.39 is 6.17 Å². The van der Waals surface area contributed by atoms with E-state index in [1.165, 1.54) is 25.9 Å². The summed E-state index contributed by atoms with van der Waals surface area (Å²) in [5, 5.41) is 0. The van der Waals surface area contributed by atoms with Gasteiger partial charge in [-0.05, 0) is 52.6 Å². The van der Waals surface area contributed by atoms with Crippen LogP contribution in [-0.2, 0) is 0 Å². The lowest BCUT2D eigenvalue weighted by Crippen LogP contribution is -2.49. The number of hydrogen-bond donors (Lipinski definition) is 0. The molecule has 94 valence electrons. The van der Waals surface area contributed by atoms with E-state index in [2.05, 4.69) is 23.6 Å². The van der Waals surface area contributed by atoms with Gasteiger partial charge in [0.1, 0.15) is 6.17 Å². The highest BCUT2D eigenvalue weighted by Gasteiger charge is 2.28. The first-order chi connectivity index (χ1) is 7.66. The summed E-state index contributed by atoms with van der Waals surface area (Å²) in [6.07, 6.45) is 3.52. The van der Waals surface area contributed by atoms with Gasteiger partial charge in [0, 0.05) is 25.2 Å². The number of nitrogens with zero attached hydrogens (tertiary/aromatic N) is 2. The molecule has 16 heavy (non-hydrogen) atoms. The van der Waals surface area contributed by atoms with E-state index in [1.807, 2.05) is 0 Å². The Morgan fingerprint density at radius 1 is 0.938 bits per heavy atom. The molecule has 0 aromatic heterocycles. The van der Waals surface area contributed by atoms with E-state index in [-0.39, 0.29) is 0 Å². The van der Waals surface area contributed by atoms with Crippen molar-refractivity contribution in [2.75, 3.05) is 26.2 Å². The predicted molar refractivity (Wildman–Crippen MR) is 65.4 cm³/mol. The maximum absolute atomic E-state index is 13.1. The van der Waals surface area contributed by atoms with Gasteiger partial charge in [-0.3, -0.25) is 0 Å². The highest BCUT2D eigenvalue weighted by molar-refractivity contribution is 4.84. The fourth-order valence-corrected chi connectivity index (χ4v) is 3.00. The predicted octanol–water partition coefficient (Wildman–Crippen LogP) is 2.29. The van der Waals surface area contributed by atoms with Crippen LogP contribution >= 0.6 is 0 Å². The Bertz CT molecular complexity index is 204. The highest BCUT2D eigenvalue weighted by atomic mass is 19.1. The van der Waals surface area contributed by atoms with Crippen molar-refractivity contribution in [3.63, 3.8) is 0 Å². The van der Waals surface area contributed by atoms with Crippen LogP contribution in [0.2, 0.25) is 0 Å². The van der Waals surface area contributed by atoms with Gasteiger partial charge in [0.2, 0.25) is 0 Å². The molecule has 2 saturated heterocycles. The second-order valence-corrected chi connectivity index (χ2v) is 5.57. The third kappa shape index (κ3) is 2.95. The van der Waals surface area contributed by atoms with Crippen LogP contribution in [0.5, 0.6) is 0 Å². The number of rotatable bonds is 2. The molecule has 2 aliphatic heterocycles. The van der Waals surface area contributed by atoms with Crippen molar-refractivity contribution in [3.8, 4) is 0 Å². The molecule has 0 radical (unpaired) electrons. The first-order valence-electron chi connectivity index (χ1n) is 6.79. The SMILES string of the molecule is CC(C)N1CCC(N2CCC(F)CC2)CC1. The average Bonchev–Trinajstić information content (AvgIpc) is 2.30. The van der Waals surface area contributed by atoms with Gasteiger partial charge in [0.05, 0.1) is 0 Å². The Morgan fingerprint density at radius 3 is 2.00 bits per heavy atom. The molecule has 2 nitrogen and oxygen atoms in total. The van der Waals surface area contributed by atoms with Crippen LogP contribution in [0.3, 0.4) is 0 Å². The van der Waals surface area contributed by atoms with Gasteiger partial charge in [-0.15, -0.1) is 0 Å². The van der Waals surface area contributed by atoms with Crippen molar-refractivity contribution in [3.05, 3.63) is 0 Å². The molecule has 2 fully saturated rings. The number of alkyl halides is 1. The summed E-state index contributed by atoms with van der Waals surface area (Å²) in [6.45, 7) is 8.95. The van der Waals surface area contributed by atoms with Gasteiger partial charge in [0.25, 0.3) is 0 Å². The zero-order valence-corrected chi connectivity index (χ0v) is 10.7. The second-order valence-electron chi connectivity index (χ2n) is 5.57. The van der Waals surface area contributed by atoms with Crippen LogP contribution in [0, 0.1) is 0 Å². The Kier molecular flexibility index (Phi) is 4.20. The lowest BCUT2D eigenvalue weighted by atomic mass is 9.98. The van der Waals surface area contributed by atoms with Crippen LogP contribution in [0.25, 0.3) is 0 Å². The van der Waals surface area contributed by atoms with Crippen molar-refractivity contribution >= 4 is 0 Å². The van der Waals surface area contributed by atoms with E-state index in [4.69, 9.17) is 0 Å². The lowest BCUT2D eigenvalue weighted by molar-refractivity contribution is 0.0597. The van der Waals surface area contributed by atoms with Crippen LogP contribution in [0.1, 0.15) is 39.5 Å². The van der Waals surface area contributed by atoms with E-state index in [9.17, 15) is 4.39 Å². The quantitative estimate of drug-likeness (QED) is 0.715. The van der Waals surface area contributed by atoms with Gasteiger partial charge in [-0.25, -0.2) is 4.39 Å².